The van der Waals surface area contributed by atoms with Crippen LogP contribution >= 0.6 is 11.3 Å². The highest BCUT2D eigenvalue weighted by atomic mass is 32.1. The summed E-state index contributed by atoms with van der Waals surface area (Å²) in [5.41, 5.74) is 8.37. The van der Waals surface area contributed by atoms with Gasteiger partial charge < -0.3 is 16.0 Å². The number of nitrogen functional groups attached to an aromatic ring is 1. The van der Waals surface area contributed by atoms with Crippen molar-refractivity contribution < 1.29 is 4.79 Å². The number of amides is 1. The molecule has 0 atom stereocenters. The van der Waals surface area contributed by atoms with Gasteiger partial charge in [0.25, 0.3) is 5.91 Å². The van der Waals surface area contributed by atoms with Gasteiger partial charge in [0, 0.05) is 24.7 Å². The van der Waals surface area contributed by atoms with Crippen molar-refractivity contribution in [3.05, 3.63) is 10.4 Å². The van der Waals surface area contributed by atoms with Gasteiger partial charge in [-0.05, 0) is 44.4 Å². The molecular weight excluding hydrogens is 270 g/mol. The van der Waals surface area contributed by atoms with Crippen molar-refractivity contribution in [2.75, 3.05) is 23.7 Å². The number of hydrogen-bond donors (Lipinski definition) is 2. The Morgan fingerprint density at radius 3 is 2.50 bits per heavy atom. The van der Waals surface area contributed by atoms with E-state index in [0.29, 0.717) is 12.0 Å². The van der Waals surface area contributed by atoms with Crippen LogP contribution in [-0.2, 0) is 0 Å². The monoisotopic (exact) mass is 291 g/mol. The second-order valence-electron chi connectivity index (χ2n) is 6.28. The van der Waals surface area contributed by atoms with Crippen LogP contribution in [0.2, 0.25) is 0 Å². The van der Waals surface area contributed by atoms with Crippen LogP contribution in [0.25, 0.3) is 0 Å². The summed E-state index contributed by atoms with van der Waals surface area (Å²) in [4.78, 5) is 15.5. The minimum Gasteiger partial charge on any atom is -0.397 e. The fourth-order valence-electron chi connectivity index (χ4n) is 3.01. The summed E-state index contributed by atoms with van der Waals surface area (Å²) in [6, 6.07) is 0.392. The van der Waals surface area contributed by atoms with E-state index in [1.54, 1.807) is 11.3 Å². The molecule has 0 radical (unpaired) electrons. The third-order valence-electron chi connectivity index (χ3n) is 4.46. The molecule has 4 rings (SSSR count). The van der Waals surface area contributed by atoms with Crippen LogP contribution in [0.5, 0.6) is 0 Å². The van der Waals surface area contributed by atoms with Crippen molar-refractivity contribution >= 4 is 27.9 Å². The topological polar surface area (TPSA) is 58.4 Å². The van der Waals surface area contributed by atoms with E-state index >= 15 is 0 Å². The molecule has 1 amide bonds. The first-order valence-corrected chi connectivity index (χ1v) is 8.53. The molecule has 20 heavy (non-hydrogen) atoms. The molecule has 0 aromatic carbocycles. The molecule has 3 N–H and O–H groups in total. The van der Waals surface area contributed by atoms with Crippen molar-refractivity contribution in [2.24, 2.45) is 0 Å². The Kier molecular flexibility index (Phi) is 2.91. The first-order chi connectivity index (χ1) is 9.74. The van der Waals surface area contributed by atoms with E-state index in [0.717, 1.165) is 36.5 Å². The zero-order valence-corrected chi connectivity index (χ0v) is 12.5. The fourth-order valence-corrected chi connectivity index (χ4v) is 4.28. The third-order valence-corrected chi connectivity index (χ3v) is 5.74. The highest BCUT2D eigenvalue weighted by molar-refractivity contribution is 7.18. The predicted octanol–water partition coefficient (Wildman–Crippen LogP) is 2.70. The predicted molar refractivity (Wildman–Crippen MR) is 82.6 cm³/mol. The van der Waals surface area contributed by atoms with E-state index in [9.17, 15) is 4.79 Å². The summed E-state index contributed by atoms with van der Waals surface area (Å²) in [5, 5.41) is 4.36. The van der Waals surface area contributed by atoms with Gasteiger partial charge in [0.15, 0.2) is 0 Å². The van der Waals surface area contributed by atoms with E-state index < -0.39 is 0 Å². The quantitative estimate of drug-likeness (QED) is 0.896. The highest BCUT2D eigenvalue weighted by Gasteiger charge is 2.36. The Bertz CT molecular complexity index is 540. The molecule has 2 saturated carbocycles. The number of nitrogens with zero attached hydrogens (tertiary/aromatic N) is 1. The lowest BCUT2D eigenvalue weighted by Crippen LogP contribution is -2.25. The van der Waals surface area contributed by atoms with Crippen LogP contribution in [-0.4, -0.2) is 25.0 Å². The van der Waals surface area contributed by atoms with Gasteiger partial charge in [0.2, 0.25) is 0 Å². The Morgan fingerprint density at radius 2 is 1.90 bits per heavy atom. The molecule has 0 spiro atoms. The summed E-state index contributed by atoms with van der Waals surface area (Å²) in [6.45, 7) is 2.23. The minimum atomic E-state index is 0.0438. The molecule has 4 nitrogen and oxygen atoms in total. The SMILES string of the molecule is Nc1c(C(=O)NC2CC2)sc(N2CCCC2)c1C1CC1. The van der Waals surface area contributed by atoms with E-state index in [2.05, 4.69) is 10.2 Å². The molecule has 2 heterocycles. The van der Waals surface area contributed by atoms with E-state index in [1.807, 2.05) is 0 Å². The standard InChI is InChI=1S/C15H21N3OS/c16-12-11(9-3-4-9)15(18-7-1-2-8-18)20-13(12)14(19)17-10-5-6-10/h9-10H,1-8,16H2,(H,17,19). The Morgan fingerprint density at radius 1 is 1.20 bits per heavy atom. The number of hydrogen-bond acceptors (Lipinski definition) is 4. The molecule has 108 valence electrons. The van der Waals surface area contributed by atoms with E-state index in [1.165, 1.54) is 36.2 Å². The van der Waals surface area contributed by atoms with Gasteiger partial charge in [-0.3, -0.25) is 4.79 Å². The first kappa shape index (κ1) is 12.5. The zero-order chi connectivity index (χ0) is 13.7. The number of nitrogens with two attached hydrogens (primary N) is 1. The number of rotatable bonds is 4. The van der Waals surface area contributed by atoms with Crippen molar-refractivity contribution in [3.8, 4) is 0 Å². The molecule has 1 aromatic rings. The summed E-state index contributed by atoms with van der Waals surface area (Å²) >= 11 is 1.62. The van der Waals surface area contributed by atoms with Crippen molar-refractivity contribution in [2.45, 2.75) is 50.5 Å². The highest BCUT2D eigenvalue weighted by Crippen LogP contribution is 2.52. The van der Waals surface area contributed by atoms with Crippen LogP contribution < -0.4 is 16.0 Å². The van der Waals surface area contributed by atoms with Gasteiger partial charge >= 0.3 is 0 Å². The number of nitrogens with one attached hydrogen (secondary N) is 1. The molecule has 1 aliphatic heterocycles. The van der Waals surface area contributed by atoms with Gasteiger partial charge in [-0.25, -0.2) is 0 Å². The lowest BCUT2D eigenvalue weighted by molar-refractivity contribution is 0.0956. The second-order valence-corrected chi connectivity index (χ2v) is 7.28. The number of thiophene rings is 1. The first-order valence-electron chi connectivity index (χ1n) is 7.72. The Hall–Kier alpha value is -1.23. The van der Waals surface area contributed by atoms with E-state index in [4.69, 9.17) is 5.73 Å². The molecular formula is C15H21N3OS. The Balaban J connectivity index is 1.67. The molecule has 1 aromatic heterocycles. The van der Waals surface area contributed by atoms with Crippen LogP contribution in [0.3, 0.4) is 0 Å². The number of carbonyl (C=O) groups is 1. The molecule has 1 saturated heterocycles. The smallest absolute Gasteiger partial charge is 0.263 e. The third kappa shape index (κ3) is 2.18. The van der Waals surface area contributed by atoms with Gasteiger partial charge in [-0.2, -0.15) is 0 Å². The molecule has 3 fully saturated rings. The van der Waals surface area contributed by atoms with Crippen molar-refractivity contribution in [1.82, 2.24) is 5.32 Å². The van der Waals surface area contributed by atoms with Crippen LogP contribution in [0.15, 0.2) is 0 Å². The minimum absolute atomic E-state index is 0.0438. The second kappa shape index (κ2) is 4.65. The number of anilines is 2. The summed E-state index contributed by atoms with van der Waals surface area (Å²) in [7, 11) is 0. The maximum atomic E-state index is 12.3. The summed E-state index contributed by atoms with van der Waals surface area (Å²) < 4.78 is 0. The lowest BCUT2D eigenvalue weighted by Gasteiger charge is -2.17. The van der Waals surface area contributed by atoms with Gasteiger partial charge in [0.1, 0.15) is 4.88 Å². The zero-order valence-electron chi connectivity index (χ0n) is 11.7. The largest absolute Gasteiger partial charge is 0.397 e. The molecule has 0 unspecified atom stereocenters. The fraction of sp³-hybridized carbons (Fsp3) is 0.667. The molecule has 5 heteroatoms. The van der Waals surface area contributed by atoms with Crippen LogP contribution in [0.4, 0.5) is 10.7 Å². The van der Waals surface area contributed by atoms with Crippen LogP contribution in [0.1, 0.15) is 59.7 Å². The average molecular weight is 291 g/mol. The van der Waals surface area contributed by atoms with E-state index in [-0.39, 0.29) is 5.91 Å². The van der Waals surface area contributed by atoms with Crippen molar-refractivity contribution in [3.63, 3.8) is 0 Å². The maximum absolute atomic E-state index is 12.3. The maximum Gasteiger partial charge on any atom is 0.263 e. The van der Waals surface area contributed by atoms with Gasteiger partial charge in [0.05, 0.1) is 10.7 Å². The lowest BCUT2D eigenvalue weighted by atomic mass is 10.1. The average Bonchev–Trinajstić information content (AvgIpc) is 3.34. The molecule has 3 aliphatic rings. The van der Waals surface area contributed by atoms with Crippen molar-refractivity contribution in [1.29, 1.82) is 0 Å². The summed E-state index contributed by atoms with van der Waals surface area (Å²) in [6.07, 6.45) is 7.20. The normalized spacial score (nSPS) is 22.3. The molecule has 2 aliphatic carbocycles. The summed E-state index contributed by atoms with van der Waals surface area (Å²) in [5.74, 6) is 0.645. The van der Waals surface area contributed by atoms with Gasteiger partial charge in [-0.1, -0.05) is 0 Å². The number of carbonyl (C=O) groups excluding carboxylic acids is 1. The van der Waals surface area contributed by atoms with Crippen LogP contribution in [0, 0.1) is 0 Å². The molecule has 0 bridgehead atoms. The Labute approximate surface area is 123 Å². The van der Waals surface area contributed by atoms with Gasteiger partial charge in [-0.15, -0.1) is 11.3 Å².